The summed E-state index contributed by atoms with van der Waals surface area (Å²) in [6, 6.07) is 10.6. The minimum Gasteiger partial charge on any atom is -0.462 e. The van der Waals surface area contributed by atoms with Gasteiger partial charge in [0.05, 0.1) is 12.2 Å². The van der Waals surface area contributed by atoms with Crippen molar-refractivity contribution in [2.45, 2.75) is 46.0 Å². The van der Waals surface area contributed by atoms with E-state index in [9.17, 15) is 4.79 Å². The summed E-state index contributed by atoms with van der Waals surface area (Å²) in [6.07, 6.45) is 4.95. The first-order chi connectivity index (χ1) is 10.2. The standard InChI is InChI=1S/C19H24O2/c1-4-17(19(20)21-5-2)18-12-11-16(13-14(18)3)15-9-7-6-8-10-15/h4,6-10,16H,5,11-13H2,1-3H3/b17-4+. The molecule has 2 rings (SSSR count). The lowest BCUT2D eigenvalue weighted by Gasteiger charge is -2.27. The molecule has 0 aromatic heterocycles. The highest BCUT2D eigenvalue weighted by atomic mass is 16.5. The predicted molar refractivity (Wildman–Crippen MR) is 86.1 cm³/mol. The Morgan fingerprint density at radius 2 is 2.05 bits per heavy atom. The van der Waals surface area contributed by atoms with Crippen molar-refractivity contribution < 1.29 is 9.53 Å². The van der Waals surface area contributed by atoms with Crippen molar-refractivity contribution in [3.05, 3.63) is 58.7 Å². The van der Waals surface area contributed by atoms with Crippen LogP contribution >= 0.6 is 0 Å². The molecule has 1 unspecified atom stereocenters. The molecule has 0 amide bonds. The number of benzene rings is 1. The summed E-state index contributed by atoms with van der Waals surface area (Å²) in [5.74, 6) is 0.378. The van der Waals surface area contributed by atoms with Gasteiger partial charge in [0.15, 0.2) is 0 Å². The Balaban J connectivity index is 2.18. The Bertz CT molecular complexity index is 552. The highest BCUT2D eigenvalue weighted by Crippen LogP contribution is 2.38. The van der Waals surface area contributed by atoms with Crippen molar-refractivity contribution in [3.8, 4) is 0 Å². The highest BCUT2D eigenvalue weighted by molar-refractivity contribution is 5.93. The third-order valence-corrected chi connectivity index (χ3v) is 4.19. The first kappa shape index (κ1) is 15.6. The molecule has 0 heterocycles. The number of hydrogen-bond acceptors (Lipinski definition) is 2. The normalized spacial score (nSPS) is 19.6. The molecule has 1 aromatic carbocycles. The Morgan fingerprint density at radius 1 is 1.33 bits per heavy atom. The van der Waals surface area contributed by atoms with Gasteiger partial charge in [0.1, 0.15) is 0 Å². The molecule has 1 aliphatic carbocycles. The number of rotatable bonds is 4. The molecule has 0 bridgehead atoms. The van der Waals surface area contributed by atoms with Gasteiger partial charge in [-0.3, -0.25) is 0 Å². The fraction of sp³-hybridized carbons (Fsp3) is 0.421. The van der Waals surface area contributed by atoms with Gasteiger partial charge in [-0.1, -0.05) is 42.0 Å². The van der Waals surface area contributed by atoms with Crippen molar-refractivity contribution in [1.29, 1.82) is 0 Å². The molecule has 0 spiro atoms. The molecule has 0 fully saturated rings. The fourth-order valence-electron chi connectivity index (χ4n) is 3.13. The first-order valence-corrected chi connectivity index (χ1v) is 7.74. The van der Waals surface area contributed by atoms with Crippen LogP contribution in [0.4, 0.5) is 0 Å². The maximum absolute atomic E-state index is 12.0. The van der Waals surface area contributed by atoms with E-state index in [1.165, 1.54) is 16.7 Å². The molecule has 112 valence electrons. The third-order valence-electron chi connectivity index (χ3n) is 4.19. The van der Waals surface area contributed by atoms with Crippen LogP contribution in [0.15, 0.2) is 53.1 Å². The minimum atomic E-state index is -0.187. The highest BCUT2D eigenvalue weighted by Gasteiger charge is 2.24. The molecule has 1 aliphatic rings. The van der Waals surface area contributed by atoms with Crippen LogP contribution in [-0.2, 0) is 9.53 Å². The number of carbonyl (C=O) groups is 1. The van der Waals surface area contributed by atoms with Gasteiger partial charge < -0.3 is 4.74 Å². The molecule has 0 saturated carbocycles. The average Bonchev–Trinajstić information content (AvgIpc) is 2.50. The van der Waals surface area contributed by atoms with Crippen molar-refractivity contribution in [3.63, 3.8) is 0 Å². The summed E-state index contributed by atoms with van der Waals surface area (Å²) in [7, 11) is 0. The monoisotopic (exact) mass is 284 g/mol. The molecular formula is C19H24O2. The molecule has 2 heteroatoms. The summed E-state index contributed by atoms with van der Waals surface area (Å²) in [5.41, 5.74) is 4.65. The van der Waals surface area contributed by atoms with Gasteiger partial charge in [0, 0.05) is 0 Å². The molecule has 1 atom stereocenters. The second kappa shape index (κ2) is 7.26. The van der Waals surface area contributed by atoms with Crippen LogP contribution in [0.25, 0.3) is 0 Å². The maximum Gasteiger partial charge on any atom is 0.338 e. The van der Waals surface area contributed by atoms with E-state index in [-0.39, 0.29) is 5.97 Å². The van der Waals surface area contributed by atoms with E-state index in [0.29, 0.717) is 12.5 Å². The number of hydrogen-bond donors (Lipinski definition) is 0. The third kappa shape index (κ3) is 3.63. The van der Waals surface area contributed by atoms with E-state index in [1.54, 1.807) is 0 Å². The molecule has 2 nitrogen and oxygen atoms in total. The minimum absolute atomic E-state index is 0.187. The maximum atomic E-state index is 12.0. The SMILES string of the molecule is C/C=C(/C(=O)OCC)C1=C(C)CC(c2ccccc2)CC1. The van der Waals surface area contributed by atoms with Crippen LogP contribution in [0, 0.1) is 0 Å². The molecular weight excluding hydrogens is 260 g/mol. The first-order valence-electron chi connectivity index (χ1n) is 7.74. The molecule has 21 heavy (non-hydrogen) atoms. The molecule has 0 saturated heterocycles. The van der Waals surface area contributed by atoms with Gasteiger partial charge in [-0.15, -0.1) is 0 Å². The smallest absolute Gasteiger partial charge is 0.338 e. The van der Waals surface area contributed by atoms with Crippen molar-refractivity contribution in [2.75, 3.05) is 6.61 Å². The number of allylic oxidation sites excluding steroid dienone is 2. The Morgan fingerprint density at radius 3 is 2.62 bits per heavy atom. The summed E-state index contributed by atoms with van der Waals surface area (Å²) in [6.45, 7) is 6.33. The van der Waals surface area contributed by atoms with E-state index < -0.39 is 0 Å². The van der Waals surface area contributed by atoms with E-state index in [2.05, 4.69) is 37.3 Å². The van der Waals surface area contributed by atoms with E-state index in [0.717, 1.165) is 24.8 Å². The fourth-order valence-corrected chi connectivity index (χ4v) is 3.13. The van der Waals surface area contributed by atoms with Gasteiger partial charge in [-0.05, 0) is 57.1 Å². The van der Waals surface area contributed by atoms with E-state index >= 15 is 0 Å². The quantitative estimate of drug-likeness (QED) is 0.587. The molecule has 0 N–H and O–H groups in total. The Labute approximate surface area is 127 Å². The zero-order valence-corrected chi connectivity index (χ0v) is 13.2. The van der Waals surface area contributed by atoms with Gasteiger partial charge in [0.25, 0.3) is 0 Å². The summed E-state index contributed by atoms with van der Waals surface area (Å²) < 4.78 is 5.17. The number of carbonyl (C=O) groups excluding carboxylic acids is 1. The molecule has 0 aliphatic heterocycles. The number of ether oxygens (including phenoxy) is 1. The van der Waals surface area contributed by atoms with Crippen LogP contribution < -0.4 is 0 Å². The van der Waals surface area contributed by atoms with Crippen LogP contribution in [0.1, 0.15) is 51.5 Å². The lowest BCUT2D eigenvalue weighted by molar-refractivity contribution is -0.138. The van der Waals surface area contributed by atoms with Crippen LogP contribution in [0.2, 0.25) is 0 Å². The summed E-state index contributed by atoms with van der Waals surface area (Å²) >= 11 is 0. The molecule has 1 aromatic rings. The lowest BCUT2D eigenvalue weighted by atomic mass is 9.78. The van der Waals surface area contributed by atoms with Crippen molar-refractivity contribution >= 4 is 5.97 Å². The predicted octanol–water partition coefficient (Wildman–Crippen LogP) is 4.78. The zero-order chi connectivity index (χ0) is 15.2. The van der Waals surface area contributed by atoms with Gasteiger partial charge in [-0.2, -0.15) is 0 Å². The van der Waals surface area contributed by atoms with E-state index in [1.807, 2.05) is 19.9 Å². The van der Waals surface area contributed by atoms with Gasteiger partial charge >= 0.3 is 5.97 Å². The van der Waals surface area contributed by atoms with E-state index in [4.69, 9.17) is 4.74 Å². The zero-order valence-electron chi connectivity index (χ0n) is 13.2. The molecule has 0 radical (unpaired) electrons. The van der Waals surface area contributed by atoms with Crippen molar-refractivity contribution in [2.24, 2.45) is 0 Å². The second-order valence-corrected chi connectivity index (χ2v) is 5.53. The Kier molecular flexibility index (Phi) is 5.38. The van der Waals surface area contributed by atoms with Gasteiger partial charge in [-0.25, -0.2) is 4.79 Å². The van der Waals surface area contributed by atoms with Crippen LogP contribution in [0.3, 0.4) is 0 Å². The number of esters is 1. The van der Waals surface area contributed by atoms with Gasteiger partial charge in [0.2, 0.25) is 0 Å². The average molecular weight is 284 g/mol. The van der Waals surface area contributed by atoms with Crippen molar-refractivity contribution in [1.82, 2.24) is 0 Å². The lowest BCUT2D eigenvalue weighted by Crippen LogP contribution is -2.15. The summed E-state index contributed by atoms with van der Waals surface area (Å²) in [4.78, 5) is 12.0. The largest absolute Gasteiger partial charge is 0.462 e. The Hall–Kier alpha value is -1.83. The summed E-state index contributed by atoms with van der Waals surface area (Å²) in [5, 5.41) is 0. The topological polar surface area (TPSA) is 26.3 Å². The van der Waals surface area contributed by atoms with Crippen LogP contribution in [0.5, 0.6) is 0 Å². The van der Waals surface area contributed by atoms with Crippen LogP contribution in [-0.4, -0.2) is 12.6 Å². The second-order valence-electron chi connectivity index (χ2n) is 5.53.